The van der Waals surface area contributed by atoms with Gasteiger partial charge in [-0.3, -0.25) is 0 Å². The van der Waals surface area contributed by atoms with Crippen molar-refractivity contribution in [1.82, 2.24) is 4.31 Å². The van der Waals surface area contributed by atoms with Crippen molar-refractivity contribution in [3.63, 3.8) is 0 Å². The lowest BCUT2D eigenvalue weighted by Gasteiger charge is -2.28. The quantitative estimate of drug-likeness (QED) is 0.710. The highest BCUT2D eigenvalue weighted by atomic mass is 32.2. The minimum atomic E-state index is -2.99. The third-order valence-corrected chi connectivity index (χ3v) is 3.93. The molecule has 0 aromatic rings. The third kappa shape index (κ3) is 3.24. The van der Waals surface area contributed by atoms with Crippen molar-refractivity contribution >= 4 is 10.0 Å². The smallest absolute Gasteiger partial charge is 0.211 e. The van der Waals surface area contributed by atoms with E-state index < -0.39 is 10.0 Å². The van der Waals surface area contributed by atoms with Gasteiger partial charge in [-0.25, -0.2) is 8.42 Å². The zero-order valence-electron chi connectivity index (χ0n) is 9.58. The molecular formula is C10H21NO2S. The Morgan fingerprint density at radius 2 is 1.93 bits per heavy atom. The van der Waals surface area contributed by atoms with Gasteiger partial charge in [0, 0.05) is 12.6 Å². The topological polar surface area (TPSA) is 37.4 Å². The van der Waals surface area contributed by atoms with Crippen molar-refractivity contribution in [1.29, 1.82) is 0 Å². The number of nitrogens with zero attached hydrogens (tertiary/aromatic N) is 1. The first-order valence-electron chi connectivity index (χ1n) is 5.17. The monoisotopic (exact) mass is 219 g/mol. The van der Waals surface area contributed by atoms with E-state index >= 15 is 0 Å². The summed E-state index contributed by atoms with van der Waals surface area (Å²) in [6.07, 6.45) is 4.30. The fourth-order valence-corrected chi connectivity index (χ4v) is 3.34. The molecule has 0 spiro atoms. The Hall–Kier alpha value is -0.0900. The van der Waals surface area contributed by atoms with Gasteiger partial charge in [0.05, 0.1) is 6.26 Å². The van der Waals surface area contributed by atoms with Crippen LogP contribution in [0, 0.1) is 5.41 Å². The second-order valence-corrected chi connectivity index (χ2v) is 7.37. The highest BCUT2D eigenvalue weighted by molar-refractivity contribution is 7.88. The van der Waals surface area contributed by atoms with Crippen molar-refractivity contribution in [3.05, 3.63) is 0 Å². The number of rotatable bonds is 2. The molecule has 0 aromatic heterocycles. The fourth-order valence-electron chi connectivity index (χ4n) is 2.16. The van der Waals surface area contributed by atoms with E-state index in [1.165, 1.54) is 6.26 Å². The Kier molecular flexibility index (Phi) is 3.26. The summed E-state index contributed by atoms with van der Waals surface area (Å²) in [6, 6.07) is 0.227. The van der Waals surface area contributed by atoms with E-state index in [9.17, 15) is 8.42 Å². The minimum Gasteiger partial charge on any atom is -0.212 e. The zero-order valence-corrected chi connectivity index (χ0v) is 10.4. The fraction of sp³-hybridized carbons (Fsp3) is 1.00. The molecule has 84 valence electrons. The first-order valence-corrected chi connectivity index (χ1v) is 7.02. The van der Waals surface area contributed by atoms with Crippen LogP contribution in [0.5, 0.6) is 0 Å². The van der Waals surface area contributed by atoms with Gasteiger partial charge in [0.15, 0.2) is 0 Å². The summed E-state index contributed by atoms with van der Waals surface area (Å²) in [4.78, 5) is 0. The second kappa shape index (κ2) is 3.81. The molecule has 0 unspecified atom stereocenters. The molecule has 1 fully saturated rings. The maximum atomic E-state index is 11.5. The van der Waals surface area contributed by atoms with Crippen LogP contribution in [0.3, 0.4) is 0 Å². The molecule has 0 N–H and O–H groups in total. The standard InChI is InChI=1S/C10H21NO2S/c1-10(2,3)8-9-6-5-7-11(9)14(4,12)13/h9H,5-8H2,1-4H3/t9-/m0/s1. The first-order chi connectivity index (χ1) is 6.20. The maximum absolute atomic E-state index is 11.5. The third-order valence-electron chi connectivity index (χ3n) is 2.60. The highest BCUT2D eigenvalue weighted by Crippen LogP contribution is 2.30. The summed E-state index contributed by atoms with van der Waals surface area (Å²) >= 11 is 0. The molecule has 1 aliphatic heterocycles. The average Bonchev–Trinajstić information content (AvgIpc) is 2.29. The summed E-state index contributed by atoms with van der Waals surface area (Å²) in [5, 5.41) is 0. The molecule has 0 amide bonds. The van der Waals surface area contributed by atoms with Gasteiger partial charge in [-0.1, -0.05) is 20.8 Å². The Bertz CT molecular complexity index is 290. The molecule has 0 saturated carbocycles. The van der Waals surface area contributed by atoms with Crippen LogP contribution < -0.4 is 0 Å². The van der Waals surface area contributed by atoms with Gasteiger partial charge in [-0.2, -0.15) is 4.31 Å². The molecule has 3 nitrogen and oxygen atoms in total. The van der Waals surface area contributed by atoms with E-state index in [2.05, 4.69) is 20.8 Å². The Labute approximate surface area is 87.5 Å². The van der Waals surface area contributed by atoms with Crippen molar-refractivity contribution in [2.45, 2.75) is 46.1 Å². The molecule has 0 bridgehead atoms. The van der Waals surface area contributed by atoms with Crippen LogP contribution in [-0.4, -0.2) is 31.6 Å². The van der Waals surface area contributed by atoms with E-state index in [4.69, 9.17) is 0 Å². The summed E-state index contributed by atoms with van der Waals surface area (Å²) in [7, 11) is -2.99. The van der Waals surface area contributed by atoms with E-state index in [0.29, 0.717) is 6.54 Å². The first kappa shape index (κ1) is 12.0. The average molecular weight is 219 g/mol. The summed E-state index contributed by atoms with van der Waals surface area (Å²) in [5.74, 6) is 0. The summed E-state index contributed by atoms with van der Waals surface area (Å²) in [6.45, 7) is 7.18. The highest BCUT2D eigenvalue weighted by Gasteiger charge is 2.33. The number of sulfonamides is 1. The van der Waals surface area contributed by atoms with Crippen molar-refractivity contribution in [3.8, 4) is 0 Å². The molecule has 4 heteroatoms. The van der Waals surface area contributed by atoms with Gasteiger partial charge in [0.1, 0.15) is 0 Å². The van der Waals surface area contributed by atoms with Crippen LogP contribution in [-0.2, 0) is 10.0 Å². The van der Waals surface area contributed by atoms with Crippen LogP contribution >= 0.6 is 0 Å². The molecule has 1 heterocycles. The maximum Gasteiger partial charge on any atom is 0.211 e. The summed E-state index contributed by atoms with van der Waals surface area (Å²) < 4.78 is 24.6. The number of hydrogen-bond acceptors (Lipinski definition) is 2. The van der Waals surface area contributed by atoms with Crippen LogP contribution in [0.2, 0.25) is 0 Å². The largest absolute Gasteiger partial charge is 0.212 e. The van der Waals surface area contributed by atoms with Gasteiger partial charge in [-0.05, 0) is 24.7 Å². The Morgan fingerprint density at radius 1 is 1.36 bits per heavy atom. The van der Waals surface area contributed by atoms with Crippen molar-refractivity contribution < 1.29 is 8.42 Å². The molecule has 0 radical (unpaired) electrons. The molecule has 1 saturated heterocycles. The predicted molar refractivity (Wildman–Crippen MR) is 58.6 cm³/mol. The Balaban J connectivity index is 2.71. The van der Waals surface area contributed by atoms with Gasteiger partial charge >= 0.3 is 0 Å². The van der Waals surface area contributed by atoms with E-state index in [0.717, 1.165) is 19.3 Å². The van der Waals surface area contributed by atoms with E-state index in [1.807, 2.05) is 0 Å². The van der Waals surface area contributed by atoms with Crippen LogP contribution in [0.1, 0.15) is 40.0 Å². The van der Waals surface area contributed by atoms with Gasteiger partial charge in [0.25, 0.3) is 0 Å². The lowest BCUT2D eigenvalue weighted by Crippen LogP contribution is -2.36. The molecule has 1 aliphatic rings. The van der Waals surface area contributed by atoms with Gasteiger partial charge in [-0.15, -0.1) is 0 Å². The zero-order chi connectivity index (χ0) is 11.0. The molecule has 0 aromatic carbocycles. The van der Waals surface area contributed by atoms with E-state index in [1.54, 1.807) is 4.31 Å². The predicted octanol–water partition coefficient (Wildman–Crippen LogP) is 1.85. The molecular weight excluding hydrogens is 198 g/mol. The van der Waals surface area contributed by atoms with Crippen molar-refractivity contribution in [2.24, 2.45) is 5.41 Å². The summed E-state index contributed by atoms with van der Waals surface area (Å²) in [5.41, 5.74) is 0.206. The second-order valence-electron chi connectivity index (χ2n) is 5.43. The number of hydrogen-bond donors (Lipinski definition) is 0. The van der Waals surface area contributed by atoms with Gasteiger partial charge < -0.3 is 0 Å². The van der Waals surface area contributed by atoms with Crippen LogP contribution in [0.25, 0.3) is 0 Å². The normalized spacial score (nSPS) is 25.6. The lowest BCUT2D eigenvalue weighted by atomic mass is 9.88. The lowest BCUT2D eigenvalue weighted by molar-refractivity contribution is 0.268. The van der Waals surface area contributed by atoms with Gasteiger partial charge in [0.2, 0.25) is 10.0 Å². The van der Waals surface area contributed by atoms with Crippen molar-refractivity contribution in [2.75, 3.05) is 12.8 Å². The van der Waals surface area contributed by atoms with Crippen LogP contribution in [0.15, 0.2) is 0 Å². The molecule has 1 rings (SSSR count). The minimum absolute atomic E-state index is 0.206. The Morgan fingerprint density at radius 3 is 2.36 bits per heavy atom. The molecule has 14 heavy (non-hydrogen) atoms. The van der Waals surface area contributed by atoms with E-state index in [-0.39, 0.29) is 11.5 Å². The SMILES string of the molecule is CC(C)(C)C[C@@H]1CCCN1S(C)(=O)=O. The molecule has 1 atom stereocenters. The van der Waals surface area contributed by atoms with Crippen LogP contribution in [0.4, 0.5) is 0 Å². The molecule has 0 aliphatic carbocycles.